The van der Waals surface area contributed by atoms with E-state index in [0.717, 1.165) is 5.52 Å². The monoisotopic (exact) mass is 348 g/mol. The maximum atomic E-state index is 13.0. The van der Waals surface area contributed by atoms with Gasteiger partial charge in [0.1, 0.15) is 6.04 Å². The lowest BCUT2D eigenvalue weighted by Crippen LogP contribution is -2.47. The summed E-state index contributed by atoms with van der Waals surface area (Å²) in [6, 6.07) is 6.60. The Labute approximate surface area is 146 Å². The van der Waals surface area contributed by atoms with E-state index in [4.69, 9.17) is 5.73 Å². The Morgan fingerprint density at radius 3 is 2.56 bits per heavy atom. The van der Waals surface area contributed by atoms with E-state index in [-0.39, 0.29) is 11.6 Å². The number of nitrogens with two attached hydrogens (primary N) is 1. The van der Waals surface area contributed by atoms with Gasteiger partial charge in [-0.2, -0.15) is 5.10 Å². The molecule has 0 spiro atoms. The van der Waals surface area contributed by atoms with E-state index in [1.54, 1.807) is 10.7 Å². The lowest BCUT2D eigenvalue weighted by atomic mass is 10.0. The number of halogens is 1. The predicted octanol–water partition coefficient (Wildman–Crippen LogP) is 2.41. The molecule has 1 aromatic heterocycles. The fourth-order valence-corrected chi connectivity index (χ4v) is 2.76. The van der Waals surface area contributed by atoms with Gasteiger partial charge in [-0.3, -0.25) is 14.3 Å². The summed E-state index contributed by atoms with van der Waals surface area (Å²) < 4.78 is 14.7. The molecule has 0 saturated heterocycles. The van der Waals surface area contributed by atoms with Crippen molar-refractivity contribution < 1.29 is 14.0 Å². The first-order valence-corrected chi connectivity index (χ1v) is 8.51. The highest BCUT2D eigenvalue weighted by molar-refractivity contribution is 6.06. The van der Waals surface area contributed by atoms with Crippen molar-refractivity contribution in [1.82, 2.24) is 15.1 Å². The highest BCUT2D eigenvalue weighted by Gasteiger charge is 2.25. The van der Waals surface area contributed by atoms with E-state index in [1.165, 1.54) is 6.92 Å². The van der Waals surface area contributed by atoms with E-state index in [1.807, 2.05) is 32.0 Å². The molecule has 6 nitrogen and oxygen atoms in total. The number of primary amides is 1. The molecule has 0 unspecified atom stereocenters. The molecule has 0 fully saturated rings. The molecule has 2 rings (SSSR count). The number of nitrogens with zero attached hydrogens (tertiary/aromatic N) is 2. The fourth-order valence-electron chi connectivity index (χ4n) is 2.76. The molecule has 0 aliphatic carbocycles. The van der Waals surface area contributed by atoms with Gasteiger partial charge in [0.15, 0.2) is 5.69 Å². The molecule has 0 radical (unpaired) electrons. The van der Waals surface area contributed by atoms with E-state index >= 15 is 0 Å². The van der Waals surface area contributed by atoms with Crippen LogP contribution in [0.4, 0.5) is 4.39 Å². The third-order valence-electron chi connectivity index (χ3n) is 4.10. The van der Waals surface area contributed by atoms with Crippen molar-refractivity contribution in [2.24, 2.45) is 11.7 Å². The lowest BCUT2D eigenvalue weighted by molar-refractivity contribution is -0.120. The van der Waals surface area contributed by atoms with Crippen LogP contribution in [0.3, 0.4) is 0 Å². The van der Waals surface area contributed by atoms with E-state index in [9.17, 15) is 14.0 Å². The highest BCUT2D eigenvalue weighted by atomic mass is 19.1. The molecule has 7 heteroatoms. The van der Waals surface area contributed by atoms with Gasteiger partial charge < -0.3 is 11.1 Å². The van der Waals surface area contributed by atoms with Crippen LogP contribution in [-0.2, 0) is 11.3 Å². The van der Waals surface area contributed by atoms with Gasteiger partial charge in [-0.05, 0) is 31.7 Å². The number of hydrogen-bond acceptors (Lipinski definition) is 3. The first-order chi connectivity index (χ1) is 11.8. The van der Waals surface area contributed by atoms with Crippen molar-refractivity contribution in [3.05, 3.63) is 30.0 Å². The first-order valence-electron chi connectivity index (χ1n) is 8.51. The zero-order valence-corrected chi connectivity index (χ0v) is 14.8. The van der Waals surface area contributed by atoms with Crippen LogP contribution in [0.5, 0.6) is 0 Å². The number of carbonyl (C=O) groups is 2. The Kier molecular flexibility index (Phi) is 6.12. The third-order valence-corrected chi connectivity index (χ3v) is 4.10. The Bertz CT molecular complexity index is 755. The van der Waals surface area contributed by atoms with Gasteiger partial charge >= 0.3 is 0 Å². The van der Waals surface area contributed by atoms with E-state index in [0.29, 0.717) is 24.8 Å². The minimum Gasteiger partial charge on any atom is -0.368 e. The number of hydrogen-bond donors (Lipinski definition) is 2. The number of para-hydroxylation sites is 1. The van der Waals surface area contributed by atoms with Crippen LogP contribution in [0.1, 0.15) is 44.1 Å². The van der Waals surface area contributed by atoms with Crippen molar-refractivity contribution in [3.8, 4) is 0 Å². The zero-order valence-electron chi connectivity index (χ0n) is 14.8. The summed E-state index contributed by atoms with van der Waals surface area (Å²) in [4.78, 5) is 24.1. The molecule has 0 aliphatic rings. The smallest absolute Gasteiger partial charge is 0.273 e. The van der Waals surface area contributed by atoms with Gasteiger partial charge in [0, 0.05) is 11.9 Å². The molecule has 0 saturated carbocycles. The molecule has 2 aromatic rings. The summed E-state index contributed by atoms with van der Waals surface area (Å²) in [5.74, 6) is -1.14. The number of aryl methyl sites for hydroxylation is 1. The second-order valence-electron chi connectivity index (χ2n) is 6.61. The summed E-state index contributed by atoms with van der Waals surface area (Å²) in [5, 5.41) is 7.75. The molecule has 1 aromatic carbocycles. The number of amides is 2. The number of aromatic nitrogens is 2. The van der Waals surface area contributed by atoms with Crippen LogP contribution < -0.4 is 11.1 Å². The van der Waals surface area contributed by atoms with Crippen molar-refractivity contribution >= 4 is 22.7 Å². The minimum absolute atomic E-state index is 0.124. The van der Waals surface area contributed by atoms with Crippen molar-refractivity contribution in [2.75, 3.05) is 0 Å². The number of carbonyl (C=O) groups excluding carboxylic acids is 2. The van der Waals surface area contributed by atoms with E-state index < -0.39 is 24.0 Å². The molecule has 0 bridgehead atoms. The van der Waals surface area contributed by atoms with Gasteiger partial charge in [-0.15, -0.1) is 0 Å². The molecule has 2 atom stereocenters. The van der Waals surface area contributed by atoms with Gasteiger partial charge in [0.2, 0.25) is 5.91 Å². The topological polar surface area (TPSA) is 90.0 Å². The summed E-state index contributed by atoms with van der Waals surface area (Å²) in [7, 11) is 0. The molecule has 2 amide bonds. The van der Waals surface area contributed by atoms with Gasteiger partial charge in [0.25, 0.3) is 5.91 Å². The quantitative estimate of drug-likeness (QED) is 0.767. The molecule has 0 aliphatic heterocycles. The standard InChI is InChI=1S/C18H25FN4O2/c1-11(2)15(17(20)24)21-18(25)16-13-8-4-5-9-14(13)23(22-16)10-6-7-12(3)19/h4-5,8-9,11-12,15H,6-7,10H2,1-3H3,(H2,20,24)(H,21,25)/t12-,15+/m1/s1. The molecule has 1 heterocycles. The number of fused-ring (bicyclic) bond motifs is 1. The fraction of sp³-hybridized carbons (Fsp3) is 0.500. The van der Waals surface area contributed by atoms with Gasteiger partial charge in [-0.1, -0.05) is 32.0 Å². The number of benzene rings is 1. The summed E-state index contributed by atoms with van der Waals surface area (Å²) >= 11 is 0. The van der Waals surface area contributed by atoms with Crippen molar-refractivity contribution in [2.45, 2.75) is 52.4 Å². The average molecular weight is 348 g/mol. The number of alkyl halides is 1. The van der Waals surface area contributed by atoms with Crippen LogP contribution in [0.25, 0.3) is 10.9 Å². The summed E-state index contributed by atoms with van der Waals surface area (Å²) in [6.07, 6.45) is 0.194. The van der Waals surface area contributed by atoms with Gasteiger partial charge in [-0.25, -0.2) is 4.39 Å². The van der Waals surface area contributed by atoms with Gasteiger partial charge in [0.05, 0.1) is 11.7 Å². The number of rotatable bonds is 8. The Balaban J connectivity index is 2.28. The van der Waals surface area contributed by atoms with Crippen LogP contribution in [-0.4, -0.2) is 33.8 Å². The third kappa shape index (κ3) is 4.55. The first kappa shape index (κ1) is 18.9. The lowest BCUT2D eigenvalue weighted by Gasteiger charge is -2.18. The largest absolute Gasteiger partial charge is 0.368 e. The van der Waals surface area contributed by atoms with Crippen LogP contribution in [0, 0.1) is 5.92 Å². The van der Waals surface area contributed by atoms with E-state index in [2.05, 4.69) is 10.4 Å². The average Bonchev–Trinajstić information content (AvgIpc) is 2.90. The Morgan fingerprint density at radius 2 is 1.96 bits per heavy atom. The molecule has 3 N–H and O–H groups in total. The van der Waals surface area contributed by atoms with Crippen LogP contribution >= 0.6 is 0 Å². The van der Waals surface area contributed by atoms with Crippen molar-refractivity contribution in [1.29, 1.82) is 0 Å². The molecule has 25 heavy (non-hydrogen) atoms. The van der Waals surface area contributed by atoms with Crippen LogP contribution in [0.2, 0.25) is 0 Å². The van der Waals surface area contributed by atoms with Crippen LogP contribution in [0.15, 0.2) is 24.3 Å². The Hall–Kier alpha value is -2.44. The highest BCUT2D eigenvalue weighted by Crippen LogP contribution is 2.20. The Morgan fingerprint density at radius 1 is 1.28 bits per heavy atom. The maximum absolute atomic E-state index is 13.0. The second kappa shape index (κ2) is 8.09. The number of nitrogens with one attached hydrogen (secondary N) is 1. The SMILES string of the molecule is CC(C)[C@H](NC(=O)c1nn(CCC[C@@H](C)F)c2ccccc12)C(N)=O. The predicted molar refractivity (Wildman–Crippen MR) is 94.8 cm³/mol. The van der Waals surface area contributed by atoms with Crippen molar-refractivity contribution in [3.63, 3.8) is 0 Å². The normalized spacial score (nSPS) is 13.8. The maximum Gasteiger partial charge on any atom is 0.273 e. The minimum atomic E-state index is -0.869. The molecular weight excluding hydrogens is 323 g/mol. The molecule has 136 valence electrons. The summed E-state index contributed by atoms with van der Waals surface area (Å²) in [6.45, 7) is 5.66. The zero-order chi connectivity index (χ0) is 18.6. The molecular formula is C18H25FN4O2. The second-order valence-corrected chi connectivity index (χ2v) is 6.61. The summed E-state index contributed by atoms with van der Waals surface area (Å²) in [5.41, 5.74) is 6.41.